The quantitative estimate of drug-likeness (QED) is 0.438. The maximum atomic E-state index is 5.59. The molecule has 20 heavy (non-hydrogen) atoms. The Hall–Kier alpha value is 0.310. The highest BCUT2D eigenvalue weighted by Crippen LogP contribution is 2.38. The second-order valence-electron chi connectivity index (χ2n) is 6.34. The minimum Gasteiger partial charge on any atom is -0.381 e. The van der Waals surface area contributed by atoms with Crippen LogP contribution in [0, 0.1) is 5.41 Å². The number of halogens is 1. The van der Waals surface area contributed by atoms with Crippen molar-refractivity contribution in [3.63, 3.8) is 0 Å². The summed E-state index contributed by atoms with van der Waals surface area (Å²) < 4.78 is 5.83. The van der Waals surface area contributed by atoms with Crippen molar-refractivity contribution in [2.75, 3.05) is 46.2 Å². The molecule has 0 aromatic rings. The predicted molar refractivity (Wildman–Crippen MR) is 98.4 cm³/mol. The van der Waals surface area contributed by atoms with Gasteiger partial charge in [0.1, 0.15) is 0 Å². The zero-order valence-corrected chi connectivity index (χ0v) is 16.2. The Morgan fingerprint density at radius 3 is 2.75 bits per heavy atom. The van der Waals surface area contributed by atoms with E-state index in [9.17, 15) is 0 Å². The Morgan fingerprint density at radius 2 is 2.20 bits per heavy atom. The van der Waals surface area contributed by atoms with Gasteiger partial charge in [-0.15, -0.1) is 24.0 Å². The van der Waals surface area contributed by atoms with Crippen LogP contribution in [0.15, 0.2) is 4.99 Å². The molecule has 118 valence electrons. The van der Waals surface area contributed by atoms with Crippen LogP contribution >= 0.6 is 35.7 Å². The average molecular weight is 413 g/mol. The van der Waals surface area contributed by atoms with Crippen molar-refractivity contribution in [3.8, 4) is 0 Å². The van der Waals surface area contributed by atoms with Gasteiger partial charge >= 0.3 is 0 Å². The summed E-state index contributed by atoms with van der Waals surface area (Å²) in [5.41, 5.74) is 0.395. The summed E-state index contributed by atoms with van der Waals surface area (Å²) in [5, 5.41) is 3.52. The zero-order chi connectivity index (χ0) is 13.9. The molecule has 2 fully saturated rings. The summed E-state index contributed by atoms with van der Waals surface area (Å²) in [6.07, 6.45) is 4.60. The summed E-state index contributed by atoms with van der Waals surface area (Å²) in [6, 6.07) is 0. The maximum Gasteiger partial charge on any atom is 0.193 e. The molecule has 0 radical (unpaired) electrons. The van der Waals surface area contributed by atoms with Gasteiger partial charge in [0.25, 0.3) is 0 Å². The Morgan fingerprint density at radius 1 is 1.45 bits per heavy atom. The molecule has 1 atom stereocenters. The second-order valence-corrected chi connectivity index (χ2v) is 7.85. The highest BCUT2D eigenvalue weighted by Gasteiger charge is 2.42. The molecular weight excluding hydrogens is 385 g/mol. The Kier molecular flexibility index (Phi) is 6.92. The Balaban J connectivity index is 0.00000200. The lowest BCUT2D eigenvalue weighted by molar-refractivity contribution is 0.156. The third-order valence-corrected chi connectivity index (χ3v) is 5.61. The van der Waals surface area contributed by atoms with Crippen LogP contribution in [0.25, 0.3) is 0 Å². The zero-order valence-electron chi connectivity index (χ0n) is 13.1. The number of nitrogens with zero attached hydrogens (tertiary/aromatic N) is 2. The highest BCUT2D eigenvalue weighted by molar-refractivity contribution is 14.0. The van der Waals surface area contributed by atoms with Crippen LogP contribution in [-0.4, -0.2) is 61.8 Å². The molecule has 0 aromatic carbocycles. The maximum absolute atomic E-state index is 5.59. The third-order valence-electron chi connectivity index (χ3n) is 4.36. The van der Waals surface area contributed by atoms with Crippen LogP contribution in [0.4, 0.5) is 0 Å². The van der Waals surface area contributed by atoms with E-state index in [2.05, 4.69) is 35.3 Å². The molecule has 0 amide bonds. The van der Waals surface area contributed by atoms with Gasteiger partial charge in [-0.2, -0.15) is 11.8 Å². The van der Waals surface area contributed by atoms with Crippen LogP contribution in [0.5, 0.6) is 0 Å². The van der Waals surface area contributed by atoms with Gasteiger partial charge in [-0.1, -0.05) is 0 Å². The normalized spacial score (nSPS) is 27.0. The Labute approximate surface area is 144 Å². The SMILES string of the molecule is CN=C(NCC(C)(C)SC)N1CCC2(CCOC2)C1.I. The lowest BCUT2D eigenvalue weighted by atomic mass is 9.87. The van der Waals surface area contributed by atoms with Gasteiger partial charge in [0, 0.05) is 43.5 Å². The minimum absolute atomic E-state index is 0. The number of likely N-dealkylation sites (tertiary alicyclic amines) is 1. The molecule has 2 aliphatic rings. The molecule has 4 nitrogen and oxygen atoms in total. The van der Waals surface area contributed by atoms with E-state index in [1.165, 1.54) is 12.8 Å². The van der Waals surface area contributed by atoms with E-state index in [4.69, 9.17) is 4.74 Å². The molecule has 1 unspecified atom stereocenters. The summed E-state index contributed by atoms with van der Waals surface area (Å²) in [6.45, 7) is 9.51. The molecule has 2 heterocycles. The first-order valence-electron chi connectivity index (χ1n) is 7.09. The summed E-state index contributed by atoms with van der Waals surface area (Å²) in [7, 11) is 1.88. The molecule has 0 bridgehead atoms. The van der Waals surface area contributed by atoms with Gasteiger partial charge in [-0.3, -0.25) is 4.99 Å². The van der Waals surface area contributed by atoms with Crippen molar-refractivity contribution < 1.29 is 4.74 Å². The fourth-order valence-electron chi connectivity index (χ4n) is 2.78. The van der Waals surface area contributed by atoms with Crippen molar-refractivity contribution >= 4 is 41.7 Å². The summed E-state index contributed by atoms with van der Waals surface area (Å²) >= 11 is 1.88. The number of aliphatic imine (C=N–C) groups is 1. The number of nitrogens with one attached hydrogen (secondary N) is 1. The lowest BCUT2D eigenvalue weighted by Gasteiger charge is -2.28. The number of hydrogen-bond acceptors (Lipinski definition) is 3. The lowest BCUT2D eigenvalue weighted by Crippen LogP contribution is -2.45. The standard InChI is InChI=1S/C14H27N3OS.HI/c1-13(2,19-4)9-16-12(15-3)17-7-5-14(10-17)6-8-18-11-14;/h5-11H2,1-4H3,(H,15,16);1H. The molecule has 0 saturated carbocycles. The molecule has 6 heteroatoms. The van der Waals surface area contributed by atoms with Crippen molar-refractivity contribution in [3.05, 3.63) is 0 Å². The first-order chi connectivity index (χ1) is 9.00. The topological polar surface area (TPSA) is 36.9 Å². The summed E-state index contributed by atoms with van der Waals surface area (Å²) in [5.74, 6) is 1.05. The van der Waals surface area contributed by atoms with Crippen LogP contribution in [0.2, 0.25) is 0 Å². The first kappa shape index (κ1) is 18.4. The molecule has 2 saturated heterocycles. The second kappa shape index (κ2) is 7.54. The van der Waals surface area contributed by atoms with E-state index in [0.29, 0.717) is 5.41 Å². The number of thioether (sulfide) groups is 1. The molecule has 0 aliphatic carbocycles. The van der Waals surface area contributed by atoms with Crippen molar-refractivity contribution in [2.24, 2.45) is 10.4 Å². The van der Waals surface area contributed by atoms with Crippen LogP contribution in [-0.2, 0) is 4.74 Å². The number of ether oxygens (including phenoxy) is 1. The Bertz CT molecular complexity index is 343. The van der Waals surface area contributed by atoms with Crippen LogP contribution in [0.3, 0.4) is 0 Å². The van der Waals surface area contributed by atoms with Gasteiger partial charge < -0.3 is 15.0 Å². The molecule has 2 rings (SSSR count). The van der Waals surface area contributed by atoms with E-state index in [1.807, 2.05) is 18.8 Å². The van der Waals surface area contributed by atoms with Crippen molar-refractivity contribution in [2.45, 2.75) is 31.4 Å². The fraction of sp³-hybridized carbons (Fsp3) is 0.929. The van der Waals surface area contributed by atoms with Gasteiger partial charge in [-0.25, -0.2) is 0 Å². The van der Waals surface area contributed by atoms with E-state index in [1.54, 1.807) is 0 Å². The molecular formula is C14H28IN3OS. The van der Waals surface area contributed by atoms with Crippen molar-refractivity contribution in [1.29, 1.82) is 0 Å². The molecule has 2 aliphatic heterocycles. The highest BCUT2D eigenvalue weighted by atomic mass is 127. The number of hydrogen-bond donors (Lipinski definition) is 1. The van der Waals surface area contributed by atoms with Crippen molar-refractivity contribution in [1.82, 2.24) is 10.2 Å². The van der Waals surface area contributed by atoms with Crippen LogP contribution in [0.1, 0.15) is 26.7 Å². The predicted octanol–water partition coefficient (Wildman–Crippen LogP) is 2.43. The molecule has 0 aromatic heterocycles. The van der Waals surface area contributed by atoms with E-state index in [0.717, 1.165) is 38.8 Å². The first-order valence-corrected chi connectivity index (χ1v) is 8.31. The molecule has 1 N–H and O–H groups in total. The van der Waals surface area contributed by atoms with Gasteiger partial charge in [0.05, 0.1) is 6.61 Å². The number of rotatable bonds is 3. The monoisotopic (exact) mass is 413 g/mol. The van der Waals surface area contributed by atoms with Crippen LogP contribution < -0.4 is 5.32 Å². The van der Waals surface area contributed by atoms with E-state index in [-0.39, 0.29) is 28.7 Å². The average Bonchev–Trinajstić information content (AvgIpc) is 3.02. The van der Waals surface area contributed by atoms with Gasteiger partial charge in [-0.05, 0) is 32.9 Å². The van der Waals surface area contributed by atoms with Gasteiger partial charge in [0.15, 0.2) is 5.96 Å². The smallest absolute Gasteiger partial charge is 0.193 e. The van der Waals surface area contributed by atoms with E-state index < -0.39 is 0 Å². The molecule has 1 spiro atoms. The number of guanidine groups is 1. The largest absolute Gasteiger partial charge is 0.381 e. The fourth-order valence-corrected chi connectivity index (χ4v) is 3.00. The summed E-state index contributed by atoms with van der Waals surface area (Å²) in [4.78, 5) is 6.84. The van der Waals surface area contributed by atoms with Gasteiger partial charge in [0.2, 0.25) is 0 Å². The third kappa shape index (κ3) is 4.40. The minimum atomic E-state index is 0. The van der Waals surface area contributed by atoms with E-state index >= 15 is 0 Å².